The Balaban J connectivity index is 1.59. The first-order chi connectivity index (χ1) is 9.90. The van der Waals surface area contributed by atoms with E-state index < -0.39 is 0 Å². The van der Waals surface area contributed by atoms with E-state index in [4.69, 9.17) is 0 Å². The zero-order chi connectivity index (χ0) is 13.6. The summed E-state index contributed by atoms with van der Waals surface area (Å²) in [6.07, 6.45) is 10.2. The molecule has 2 aromatic heterocycles. The van der Waals surface area contributed by atoms with Crippen molar-refractivity contribution in [3.8, 4) is 0 Å². The van der Waals surface area contributed by atoms with E-state index in [1.165, 1.54) is 25.7 Å². The molecule has 0 amide bonds. The monoisotopic (exact) mass is 270 g/mol. The SMILES string of the molecule is c1cc(CNc2cnnc(NC3CCCC3)n2)ccn1. The van der Waals surface area contributed by atoms with E-state index in [0.717, 1.165) is 11.4 Å². The zero-order valence-electron chi connectivity index (χ0n) is 11.3. The number of hydrogen-bond acceptors (Lipinski definition) is 6. The lowest BCUT2D eigenvalue weighted by atomic mass is 10.2. The van der Waals surface area contributed by atoms with Gasteiger partial charge in [-0.05, 0) is 30.5 Å². The first-order valence-electron chi connectivity index (χ1n) is 6.99. The van der Waals surface area contributed by atoms with E-state index in [1.54, 1.807) is 18.6 Å². The molecule has 2 aromatic rings. The third-order valence-corrected chi connectivity index (χ3v) is 3.47. The van der Waals surface area contributed by atoms with Crippen LogP contribution in [0.3, 0.4) is 0 Å². The molecule has 0 bridgehead atoms. The van der Waals surface area contributed by atoms with Crippen molar-refractivity contribution in [2.75, 3.05) is 10.6 Å². The first-order valence-corrected chi connectivity index (χ1v) is 6.99. The highest BCUT2D eigenvalue weighted by Gasteiger charge is 2.15. The Kier molecular flexibility index (Phi) is 4.01. The van der Waals surface area contributed by atoms with Gasteiger partial charge in [-0.3, -0.25) is 4.98 Å². The summed E-state index contributed by atoms with van der Waals surface area (Å²) in [4.78, 5) is 8.44. The van der Waals surface area contributed by atoms with Crippen LogP contribution in [0, 0.1) is 0 Å². The molecule has 20 heavy (non-hydrogen) atoms. The number of rotatable bonds is 5. The molecule has 0 saturated heterocycles. The van der Waals surface area contributed by atoms with E-state index in [9.17, 15) is 0 Å². The molecule has 1 saturated carbocycles. The van der Waals surface area contributed by atoms with Crippen LogP contribution in [-0.4, -0.2) is 26.2 Å². The van der Waals surface area contributed by atoms with Crippen LogP contribution in [0.5, 0.6) is 0 Å². The van der Waals surface area contributed by atoms with Crippen molar-refractivity contribution in [1.29, 1.82) is 0 Å². The van der Waals surface area contributed by atoms with Crippen LogP contribution in [0.15, 0.2) is 30.7 Å². The molecular formula is C14H18N6. The normalized spacial score (nSPS) is 15.2. The topological polar surface area (TPSA) is 75.6 Å². The van der Waals surface area contributed by atoms with Crippen LogP contribution in [0.4, 0.5) is 11.8 Å². The standard InChI is InChI=1S/C14H18N6/c1-2-4-12(3-1)18-14-19-13(10-17-20-14)16-9-11-5-7-15-8-6-11/h5-8,10,12H,1-4,9H2,(H2,16,18,19,20). The number of anilines is 2. The second kappa shape index (κ2) is 6.27. The van der Waals surface area contributed by atoms with Crippen molar-refractivity contribution < 1.29 is 0 Å². The van der Waals surface area contributed by atoms with Gasteiger partial charge in [0.05, 0.1) is 6.20 Å². The molecule has 6 nitrogen and oxygen atoms in total. The predicted octanol–water partition coefficient (Wildman–Crippen LogP) is 2.23. The van der Waals surface area contributed by atoms with Crippen LogP contribution in [0.1, 0.15) is 31.2 Å². The van der Waals surface area contributed by atoms with E-state index in [1.807, 2.05) is 12.1 Å². The Morgan fingerprint density at radius 1 is 1.15 bits per heavy atom. The third-order valence-electron chi connectivity index (χ3n) is 3.47. The second-order valence-electron chi connectivity index (χ2n) is 5.00. The first kappa shape index (κ1) is 12.8. The van der Waals surface area contributed by atoms with Gasteiger partial charge in [-0.1, -0.05) is 12.8 Å². The molecule has 104 valence electrons. The average Bonchev–Trinajstić information content (AvgIpc) is 3.00. The average molecular weight is 270 g/mol. The van der Waals surface area contributed by atoms with Crippen molar-refractivity contribution in [3.63, 3.8) is 0 Å². The Hall–Kier alpha value is -2.24. The van der Waals surface area contributed by atoms with Crippen molar-refractivity contribution in [1.82, 2.24) is 20.2 Å². The lowest BCUT2D eigenvalue weighted by Gasteiger charge is -2.12. The van der Waals surface area contributed by atoms with E-state index >= 15 is 0 Å². The summed E-state index contributed by atoms with van der Waals surface area (Å²) in [7, 11) is 0. The number of aromatic nitrogens is 4. The number of hydrogen-bond donors (Lipinski definition) is 2. The van der Waals surface area contributed by atoms with Crippen LogP contribution >= 0.6 is 0 Å². The van der Waals surface area contributed by atoms with Gasteiger partial charge in [0, 0.05) is 25.0 Å². The molecule has 6 heteroatoms. The molecular weight excluding hydrogens is 252 g/mol. The van der Waals surface area contributed by atoms with Gasteiger partial charge in [-0.2, -0.15) is 10.1 Å². The van der Waals surface area contributed by atoms with Crippen molar-refractivity contribution in [2.24, 2.45) is 0 Å². The third kappa shape index (κ3) is 3.40. The van der Waals surface area contributed by atoms with E-state index in [2.05, 4.69) is 30.8 Å². The van der Waals surface area contributed by atoms with Crippen LogP contribution in [0.2, 0.25) is 0 Å². The summed E-state index contributed by atoms with van der Waals surface area (Å²) in [5, 5.41) is 14.6. The molecule has 2 heterocycles. The summed E-state index contributed by atoms with van der Waals surface area (Å²) >= 11 is 0. The summed E-state index contributed by atoms with van der Waals surface area (Å²) in [5.74, 6) is 1.34. The van der Waals surface area contributed by atoms with Gasteiger partial charge in [0.25, 0.3) is 0 Å². The minimum Gasteiger partial charge on any atom is -0.365 e. The second-order valence-corrected chi connectivity index (χ2v) is 5.00. The maximum Gasteiger partial charge on any atom is 0.244 e. The van der Waals surface area contributed by atoms with Crippen LogP contribution in [0.25, 0.3) is 0 Å². The van der Waals surface area contributed by atoms with Gasteiger partial charge in [-0.15, -0.1) is 5.10 Å². The van der Waals surface area contributed by atoms with Gasteiger partial charge in [-0.25, -0.2) is 0 Å². The fourth-order valence-electron chi connectivity index (χ4n) is 2.40. The van der Waals surface area contributed by atoms with Gasteiger partial charge in [0.1, 0.15) is 0 Å². The minimum atomic E-state index is 0.493. The molecule has 0 atom stereocenters. The lowest BCUT2D eigenvalue weighted by molar-refractivity contribution is 0.737. The molecule has 0 unspecified atom stereocenters. The highest BCUT2D eigenvalue weighted by molar-refractivity contribution is 5.38. The Morgan fingerprint density at radius 2 is 1.95 bits per heavy atom. The fourth-order valence-corrected chi connectivity index (χ4v) is 2.40. The van der Waals surface area contributed by atoms with Crippen LogP contribution in [-0.2, 0) is 6.54 Å². The van der Waals surface area contributed by atoms with Gasteiger partial charge < -0.3 is 10.6 Å². The van der Waals surface area contributed by atoms with Crippen LogP contribution < -0.4 is 10.6 Å². The fraction of sp³-hybridized carbons (Fsp3) is 0.429. The Bertz CT molecular complexity index is 538. The van der Waals surface area contributed by atoms with Gasteiger partial charge in [0.2, 0.25) is 5.95 Å². The van der Waals surface area contributed by atoms with Crippen molar-refractivity contribution >= 4 is 11.8 Å². The molecule has 0 radical (unpaired) electrons. The smallest absolute Gasteiger partial charge is 0.244 e. The van der Waals surface area contributed by atoms with Gasteiger partial charge in [0.15, 0.2) is 5.82 Å². The lowest BCUT2D eigenvalue weighted by Crippen LogP contribution is -2.17. The molecule has 3 rings (SSSR count). The summed E-state index contributed by atoms with van der Waals surface area (Å²) in [6.45, 7) is 0.698. The summed E-state index contributed by atoms with van der Waals surface area (Å²) in [5.41, 5.74) is 1.16. The highest BCUT2D eigenvalue weighted by Crippen LogP contribution is 2.20. The highest BCUT2D eigenvalue weighted by atomic mass is 15.3. The molecule has 0 aromatic carbocycles. The van der Waals surface area contributed by atoms with E-state index in [-0.39, 0.29) is 0 Å². The summed E-state index contributed by atoms with van der Waals surface area (Å²) < 4.78 is 0. The van der Waals surface area contributed by atoms with Crippen molar-refractivity contribution in [3.05, 3.63) is 36.3 Å². The molecule has 0 aliphatic heterocycles. The Labute approximate surface area is 118 Å². The number of pyridine rings is 1. The number of nitrogens with zero attached hydrogens (tertiary/aromatic N) is 4. The summed E-state index contributed by atoms with van der Waals surface area (Å²) in [6, 6.07) is 4.44. The quantitative estimate of drug-likeness (QED) is 0.867. The largest absolute Gasteiger partial charge is 0.365 e. The molecule has 1 aliphatic rings. The molecule has 2 N–H and O–H groups in total. The Morgan fingerprint density at radius 3 is 2.75 bits per heavy atom. The number of nitrogens with one attached hydrogen (secondary N) is 2. The van der Waals surface area contributed by atoms with Crippen molar-refractivity contribution in [2.45, 2.75) is 38.3 Å². The predicted molar refractivity (Wildman–Crippen MR) is 77.3 cm³/mol. The minimum absolute atomic E-state index is 0.493. The molecule has 1 aliphatic carbocycles. The zero-order valence-corrected chi connectivity index (χ0v) is 11.3. The molecule has 1 fully saturated rings. The van der Waals surface area contributed by atoms with E-state index in [0.29, 0.717) is 18.5 Å². The maximum atomic E-state index is 4.44. The van der Waals surface area contributed by atoms with Gasteiger partial charge >= 0.3 is 0 Å². The maximum absolute atomic E-state index is 4.44. The molecule has 0 spiro atoms.